The Labute approximate surface area is 193 Å². The number of piperidine rings is 1. The van der Waals surface area contributed by atoms with Gasteiger partial charge < -0.3 is 19.1 Å². The van der Waals surface area contributed by atoms with Crippen molar-refractivity contribution in [3.05, 3.63) is 60.0 Å². The van der Waals surface area contributed by atoms with Crippen molar-refractivity contribution in [2.45, 2.75) is 43.9 Å². The molecule has 2 aliphatic rings. The van der Waals surface area contributed by atoms with Crippen molar-refractivity contribution >= 4 is 11.8 Å². The smallest absolute Gasteiger partial charge is 0.266 e. The largest absolute Gasteiger partial charge is 0.459 e. The van der Waals surface area contributed by atoms with Crippen LogP contribution in [0.1, 0.15) is 49.8 Å². The van der Waals surface area contributed by atoms with E-state index in [1.54, 1.807) is 18.4 Å². The van der Waals surface area contributed by atoms with Crippen LogP contribution in [-0.2, 0) is 10.2 Å². The Balaban J connectivity index is 1.20. The summed E-state index contributed by atoms with van der Waals surface area (Å²) in [7, 11) is 0. The molecule has 1 saturated carbocycles. The number of carbonyl (C=O) groups excluding carboxylic acids is 1. The van der Waals surface area contributed by atoms with E-state index < -0.39 is 0 Å². The van der Waals surface area contributed by atoms with Gasteiger partial charge in [-0.1, -0.05) is 43.2 Å². The summed E-state index contributed by atoms with van der Waals surface area (Å²) in [6.45, 7) is 1.98. The van der Waals surface area contributed by atoms with Crippen LogP contribution in [0.5, 0.6) is 0 Å². The number of anilines is 1. The van der Waals surface area contributed by atoms with Crippen molar-refractivity contribution in [2.75, 3.05) is 24.5 Å². The van der Waals surface area contributed by atoms with Crippen molar-refractivity contribution < 1.29 is 13.6 Å². The molecular weight excluding hydrogens is 416 g/mol. The Morgan fingerprint density at radius 1 is 1.15 bits per heavy atom. The number of hydrogen-bond donors (Lipinski definition) is 1. The third-order valence-electron chi connectivity index (χ3n) is 7.15. The van der Waals surface area contributed by atoms with Crippen LogP contribution < -0.4 is 10.2 Å². The first-order valence-electron chi connectivity index (χ1n) is 11.7. The maximum absolute atomic E-state index is 13.0. The summed E-state index contributed by atoms with van der Waals surface area (Å²) in [5.74, 6) is 1.34. The molecule has 1 aliphatic carbocycles. The van der Waals surface area contributed by atoms with Gasteiger partial charge in [0.05, 0.1) is 6.26 Å². The quantitative estimate of drug-likeness (QED) is 0.595. The Kier molecular flexibility index (Phi) is 5.91. The van der Waals surface area contributed by atoms with Crippen LogP contribution in [0.15, 0.2) is 57.6 Å². The van der Waals surface area contributed by atoms with E-state index in [1.807, 2.05) is 11.0 Å². The summed E-state index contributed by atoms with van der Waals surface area (Å²) in [5, 5.41) is 12.8. The molecule has 0 atom stereocenters. The zero-order valence-electron chi connectivity index (χ0n) is 18.6. The minimum Gasteiger partial charge on any atom is -0.459 e. The molecule has 0 spiro atoms. The minimum absolute atomic E-state index is 0.0338. The van der Waals surface area contributed by atoms with Gasteiger partial charge in [0.2, 0.25) is 17.5 Å². The van der Waals surface area contributed by atoms with Crippen molar-refractivity contribution in [1.82, 2.24) is 10.3 Å². The van der Waals surface area contributed by atoms with E-state index in [2.05, 4.69) is 40.6 Å². The van der Waals surface area contributed by atoms with Crippen molar-refractivity contribution in [2.24, 2.45) is 5.92 Å². The van der Waals surface area contributed by atoms with Crippen LogP contribution in [-0.4, -0.2) is 30.5 Å². The number of furan rings is 1. The highest BCUT2D eigenvalue weighted by Crippen LogP contribution is 2.40. The zero-order chi connectivity index (χ0) is 22.7. The molecule has 1 aliphatic heterocycles. The lowest BCUT2D eigenvalue weighted by Crippen LogP contribution is -2.44. The van der Waals surface area contributed by atoms with E-state index in [-0.39, 0.29) is 22.9 Å². The molecule has 0 unspecified atom stereocenters. The second-order valence-electron chi connectivity index (χ2n) is 9.09. The molecule has 7 heteroatoms. The van der Waals surface area contributed by atoms with Gasteiger partial charge in [0.15, 0.2) is 5.76 Å². The van der Waals surface area contributed by atoms with Gasteiger partial charge in [-0.05, 0) is 43.4 Å². The van der Waals surface area contributed by atoms with Crippen molar-refractivity contribution in [1.29, 1.82) is 5.26 Å². The first-order chi connectivity index (χ1) is 16.2. The van der Waals surface area contributed by atoms with Gasteiger partial charge in [0.25, 0.3) is 5.89 Å². The van der Waals surface area contributed by atoms with Crippen LogP contribution in [0, 0.1) is 17.2 Å². The number of nitriles is 1. The van der Waals surface area contributed by atoms with Crippen molar-refractivity contribution in [3.8, 4) is 17.7 Å². The lowest BCUT2D eigenvalue weighted by Gasteiger charge is -2.33. The minimum atomic E-state index is -0.0338. The monoisotopic (exact) mass is 444 g/mol. The Hall–Kier alpha value is -3.53. The van der Waals surface area contributed by atoms with Crippen LogP contribution in [0.25, 0.3) is 11.7 Å². The first-order valence-corrected chi connectivity index (χ1v) is 11.7. The number of oxazole rings is 1. The number of nitrogens with zero attached hydrogens (tertiary/aromatic N) is 3. The Bertz CT molecular complexity index is 1120. The van der Waals surface area contributed by atoms with E-state index in [4.69, 9.17) is 8.83 Å². The highest BCUT2D eigenvalue weighted by atomic mass is 16.4. The van der Waals surface area contributed by atoms with Gasteiger partial charge in [-0.3, -0.25) is 4.79 Å². The van der Waals surface area contributed by atoms with Gasteiger partial charge in [0, 0.05) is 31.0 Å². The Morgan fingerprint density at radius 2 is 1.91 bits per heavy atom. The predicted molar refractivity (Wildman–Crippen MR) is 123 cm³/mol. The number of rotatable bonds is 6. The molecule has 33 heavy (non-hydrogen) atoms. The zero-order valence-corrected chi connectivity index (χ0v) is 18.6. The van der Waals surface area contributed by atoms with Gasteiger partial charge in [-0.25, -0.2) is 0 Å². The molecule has 3 heterocycles. The third-order valence-corrected chi connectivity index (χ3v) is 7.15. The molecule has 1 saturated heterocycles. The number of amides is 1. The predicted octanol–water partition coefficient (Wildman–Crippen LogP) is 4.65. The fourth-order valence-electron chi connectivity index (χ4n) is 5.26. The third kappa shape index (κ3) is 4.25. The fourth-order valence-corrected chi connectivity index (χ4v) is 5.26. The van der Waals surface area contributed by atoms with E-state index in [0.29, 0.717) is 50.0 Å². The van der Waals surface area contributed by atoms with Crippen LogP contribution in [0.4, 0.5) is 5.88 Å². The second kappa shape index (κ2) is 9.14. The Morgan fingerprint density at radius 3 is 2.58 bits per heavy atom. The van der Waals surface area contributed by atoms with E-state index in [0.717, 1.165) is 12.8 Å². The normalized spacial score (nSPS) is 18.2. The lowest BCUT2D eigenvalue weighted by atomic mass is 9.78. The average Bonchev–Trinajstić information content (AvgIpc) is 3.64. The van der Waals surface area contributed by atoms with E-state index in [1.165, 1.54) is 18.4 Å². The van der Waals surface area contributed by atoms with Crippen LogP contribution in [0.3, 0.4) is 0 Å². The fraction of sp³-hybridized carbons (Fsp3) is 0.423. The molecule has 5 rings (SSSR count). The summed E-state index contributed by atoms with van der Waals surface area (Å²) in [5.41, 5.74) is 1.64. The van der Waals surface area contributed by atoms with Gasteiger partial charge in [-0.15, -0.1) is 0 Å². The first kappa shape index (κ1) is 21.3. The maximum Gasteiger partial charge on any atom is 0.266 e. The highest BCUT2D eigenvalue weighted by Gasteiger charge is 2.37. The molecule has 7 nitrogen and oxygen atoms in total. The molecule has 0 radical (unpaired) electrons. The molecule has 1 aromatic carbocycles. The lowest BCUT2D eigenvalue weighted by molar-refractivity contribution is -0.125. The van der Waals surface area contributed by atoms with Gasteiger partial charge in [-0.2, -0.15) is 10.2 Å². The number of hydrogen-bond acceptors (Lipinski definition) is 6. The molecule has 1 N–H and O–H groups in total. The SMILES string of the molecule is N#Cc1nc(-c2ccco2)oc1N1CCC(C(=O)NCC2(c3ccccc3)CCCC2)CC1. The van der Waals surface area contributed by atoms with Crippen LogP contribution in [0.2, 0.25) is 0 Å². The van der Waals surface area contributed by atoms with Crippen molar-refractivity contribution in [3.63, 3.8) is 0 Å². The second-order valence-corrected chi connectivity index (χ2v) is 9.09. The summed E-state index contributed by atoms with van der Waals surface area (Å²) in [4.78, 5) is 19.3. The van der Waals surface area contributed by atoms with Crippen LogP contribution >= 0.6 is 0 Å². The molecule has 0 bridgehead atoms. The van der Waals surface area contributed by atoms with Gasteiger partial charge in [0.1, 0.15) is 6.07 Å². The molecule has 170 valence electrons. The summed E-state index contributed by atoms with van der Waals surface area (Å²) in [6, 6.07) is 16.2. The summed E-state index contributed by atoms with van der Waals surface area (Å²) < 4.78 is 11.2. The standard InChI is InChI=1S/C26H28N4O3/c27-17-21-25(33-24(29-21)22-9-6-16-32-22)30-14-10-19(11-15-30)23(31)28-18-26(12-4-5-13-26)20-7-2-1-3-8-20/h1-3,6-9,16,19H,4-5,10-15,18H2,(H,28,31). The number of aromatic nitrogens is 1. The number of carbonyl (C=O) groups is 1. The summed E-state index contributed by atoms with van der Waals surface area (Å²) >= 11 is 0. The molecule has 2 aromatic heterocycles. The number of nitrogens with one attached hydrogen (secondary N) is 1. The van der Waals surface area contributed by atoms with Gasteiger partial charge >= 0.3 is 0 Å². The molecule has 1 amide bonds. The number of benzene rings is 1. The average molecular weight is 445 g/mol. The molecule has 3 aromatic rings. The van der Waals surface area contributed by atoms with E-state index in [9.17, 15) is 10.1 Å². The maximum atomic E-state index is 13.0. The molecule has 2 fully saturated rings. The topological polar surface area (TPSA) is 95.3 Å². The molecular formula is C26H28N4O3. The van der Waals surface area contributed by atoms with E-state index >= 15 is 0 Å². The highest BCUT2D eigenvalue weighted by molar-refractivity contribution is 5.79. The summed E-state index contributed by atoms with van der Waals surface area (Å²) in [6.07, 6.45) is 7.63.